The zero-order valence-electron chi connectivity index (χ0n) is 12.0. The predicted molar refractivity (Wildman–Crippen MR) is 83.4 cm³/mol. The van der Waals surface area contributed by atoms with Crippen molar-refractivity contribution < 1.29 is 4.79 Å². The molecule has 0 fully saturated rings. The molecule has 1 atom stereocenters. The summed E-state index contributed by atoms with van der Waals surface area (Å²) in [4.78, 5) is 20.9. The maximum atomic E-state index is 12.3. The van der Waals surface area contributed by atoms with E-state index in [2.05, 4.69) is 19.9 Å². The second kappa shape index (κ2) is 6.30. The van der Waals surface area contributed by atoms with Gasteiger partial charge in [0.15, 0.2) is 0 Å². The fourth-order valence-electron chi connectivity index (χ4n) is 2.40. The molecule has 5 nitrogen and oxygen atoms in total. The molecule has 3 heterocycles. The highest BCUT2D eigenvalue weighted by Gasteiger charge is 2.19. The molecule has 0 spiro atoms. The molecule has 3 rings (SSSR count). The second-order valence-electron chi connectivity index (χ2n) is 5.09. The van der Waals surface area contributed by atoms with E-state index in [1.165, 1.54) is 18.2 Å². The van der Waals surface area contributed by atoms with Gasteiger partial charge in [-0.15, -0.1) is 0 Å². The molecule has 110 valence electrons. The molecule has 0 saturated heterocycles. The highest BCUT2D eigenvalue weighted by atomic mass is 32.2. The maximum Gasteiger partial charge on any atom is 0.238 e. The fourth-order valence-corrected chi connectivity index (χ4v) is 3.20. The summed E-state index contributed by atoms with van der Waals surface area (Å²) in [6.07, 6.45) is 6.81. The van der Waals surface area contributed by atoms with Crippen LogP contribution in [-0.2, 0) is 17.8 Å². The van der Waals surface area contributed by atoms with E-state index in [0.29, 0.717) is 0 Å². The Kier molecular flexibility index (Phi) is 4.24. The van der Waals surface area contributed by atoms with Gasteiger partial charge in [-0.05, 0) is 31.9 Å². The molecular weight excluding hydrogens is 284 g/mol. The van der Waals surface area contributed by atoms with E-state index in [0.717, 1.165) is 36.1 Å². The lowest BCUT2D eigenvalue weighted by Gasteiger charge is -2.17. The molecule has 0 radical (unpaired) electrons. The summed E-state index contributed by atoms with van der Waals surface area (Å²) >= 11 is 1.46. The van der Waals surface area contributed by atoms with Crippen LogP contribution in [0, 0.1) is 0 Å². The van der Waals surface area contributed by atoms with Gasteiger partial charge in [0.05, 0.1) is 16.5 Å². The number of thioether (sulfide) groups is 1. The molecule has 1 aliphatic rings. The summed E-state index contributed by atoms with van der Waals surface area (Å²) < 4.78 is 2.11. The van der Waals surface area contributed by atoms with Gasteiger partial charge in [-0.1, -0.05) is 17.8 Å². The zero-order chi connectivity index (χ0) is 14.7. The smallest absolute Gasteiger partial charge is 0.238 e. The number of nitrogens with one attached hydrogen (secondary N) is 1. The van der Waals surface area contributed by atoms with Crippen molar-refractivity contribution in [2.24, 2.45) is 0 Å². The van der Waals surface area contributed by atoms with E-state index < -0.39 is 0 Å². The summed E-state index contributed by atoms with van der Waals surface area (Å²) in [6, 6.07) is 5.70. The third kappa shape index (κ3) is 3.26. The number of nitrogens with zero attached hydrogens (tertiary/aromatic N) is 3. The number of pyridine rings is 1. The first-order valence-electron chi connectivity index (χ1n) is 7.17. The number of hydrogen-bond acceptors (Lipinski definition) is 4. The maximum absolute atomic E-state index is 12.3. The molecule has 1 amide bonds. The lowest BCUT2D eigenvalue weighted by Crippen LogP contribution is -2.25. The van der Waals surface area contributed by atoms with Crippen molar-refractivity contribution in [1.29, 1.82) is 0 Å². The molecule has 0 unspecified atom stereocenters. The van der Waals surface area contributed by atoms with Gasteiger partial charge >= 0.3 is 0 Å². The Morgan fingerprint density at radius 1 is 1.38 bits per heavy atom. The molecule has 2 aromatic heterocycles. The third-order valence-corrected chi connectivity index (χ3v) is 4.58. The minimum Gasteiger partial charge on any atom is -0.315 e. The number of anilines is 1. The van der Waals surface area contributed by atoms with Crippen LogP contribution in [0.4, 0.5) is 5.82 Å². The largest absolute Gasteiger partial charge is 0.315 e. The van der Waals surface area contributed by atoms with Crippen molar-refractivity contribution in [1.82, 2.24) is 14.5 Å². The van der Waals surface area contributed by atoms with Crippen LogP contribution >= 0.6 is 11.8 Å². The van der Waals surface area contributed by atoms with Crippen LogP contribution in [0.15, 0.2) is 35.6 Å². The lowest BCUT2D eigenvalue weighted by atomic mass is 10.2. The average Bonchev–Trinajstić information content (AvgIpc) is 2.91. The molecule has 0 saturated carbocycles. The van der Waals surface area contributed by atoms with Gasteiger partial charge in [-0.2, -0.15) is 0 Å². The first-order chi connectivity index (χ1) is 10.2. The Morgan fingerprint density at radius 2 is 2.29 bits per heavy atom. The van der Waals surface area contributed by atoms with Crippen LogP contribution in [0.1, 0.15) is 25.6 Å². The summed E-state index contributed by atoms with van der Waals surface area (Å²) in [7, 11) is 0. The SMILES string of the molecule is C[C@H](Sc1ccccn1)C(=O)Nc1cnc2n1CCCC2. The van der Waals surface area contributed by atoms with Gasteiger partial charge in [0, 0.05) is 19.2 Å². The van der Waals surface area contributed by atoms with Crippen molar-refractivity contribution >= 4 is 23.5 Å². The van der Waals surface area contributed by atoms with Crippen molar-refractivity contribution in [2.45, 2.75) is 43.0 Å². The van der Waals surface area contributed by atoms with Gasteiger partial charge in [-0.3, -0.25) is 4.79 Å². The molecule has 0 bridgehead atoms. The third-order valence-electron chi connectivity index (χ3n) is 3.53. The minimum atomic E-state index is -0.199. The molecule has 1 aliphatic heterocycles. The quantitative estimate of drug-likeness (QED) is 0.882. The molecule has 0 aromatic carbocycles. The second-order valence-corrected chi connectivity index (χ2v) is 6.45. The van der Waals surface area contributed by atoms with Crippen LogP contribution in [-0.4, -0.2) is 25.7 Å². The fraction of sp³-hybridized carbons (Fsp3) is 0.400. The number of hydrogen-bond donors (Lipinski definition) is 1. The zero-order valence-corrected chi connectivity index (χ0v) is 12.8. The number of carbonyl (C=O) groups is 1. The van der Waals surface area contributed by atoms with Crippen LogP contribution in [0.25, 0.3) is 0 Å². The summed E-state index contributed by atoms with van der Waals surface area (Å²) in [5.74, 6) is 1.86. The monoisotopic (exact) mass is 302 g/mol. The van der Waals surface area contributed by atoms with Crippen molar-refractivity contribution in [3.05, 3.63) is 36.4 Å². The van der Waals surface area contributed by atoms with Gasteiger partial charge in [0.1, 0.15) is 11.6 Å². The lowest BCUT2D eigenvalue weighted by molar-refractivity contribution is -0.115. The Bertz CT molecular complexity index is 626. The van der Waals surface area contributed by atoms with Crippen molar-refractivity contribution in [3.8, 4) is 0 Å². The molecule has 2 aromatic rings. The number of carbonyl (C=O) groups excluding carboxylic acids is 1. The average molecular weight is 302 g/mol. The number of imidazole rings is 1. The van der Waals surface area contributed by atoms with Gasteiger partial charge in [0.2, 0.25) is 5.91 Å². The molecule has 0 aliphatic carbocycles. The minimum absolute atomic E-state index is 0.0149. The number of fused-ring (bicyclic) bond motifs is 1. The Labute approximate surface area is 128 Å². The van der Waals surface area contributed by atoms with Gasteiger partial charge in [0.25, 0.3) is 0 Å². The predicted octanol–water partition coefficient (Wildman–Crippen LogP) is 2.73. The highest BCUT2D eigenvalue weighted by molar-refractivity contribution is 8.00. The standard InChI is InChI=1S/C15H18N4OS/c1-11(21-14-7-2-4-8-16-14)15(20)18-13-10-17-12-6-3-5-9-19(12)13/h2,4,7-8,10-11H,3,5-6,9H2,1H3,(H,18,20)/t11-/m0/s1. The molecule has 6 heteroatoms. The normalized spacial score (nSPS) is 15.3. The number of rotatable bonds is 4. The molecular formula is C15H18N4OS. The van der Waals surface area contributed by atoms with Crippen LogP contribution in [0.5, 0.6) is 0 Å². The Hall–Kier alpha value is -1.82. The van der Waals surface area contributed by atoms with Crippen molar-refractivity contribution in [2.75, 3.05) is 5.32 Å². The van der Waals surface area contributed by atoms with E-state index in [9.17, 15) is 4.79 Å². The van der Waals surface area contributed by atoms with E-state index in [4.69, 9.17) is 0 Å². The van der Waals surface area contributed by atoms with Crippen LogP contribution in [0.3, 0.4) is 0 Å². The number of amides is 1. The molecule has 1 N–H and O–H groups in total. The van der Waals surface area contributed by atoms with E-state index in [-0.39, 0.29) is 11.2 Å². The van der Waals surface area contributed by atoms with E-state index in [1.54, 1.807) is 12.4 Å². The van der Waals surface area contributed by atoms with E-state index in [1.807, 2.05) is 25.1 Å². The highest BCUT2D eigenvalue weighted by Crippen LogP contribution is 2.23. The summed E-state index contributed by atoms with van der Waals surface area (Å²) in [6.45, 7) is 2.83. The number of aryl methyl sites for hydroxylation is 1. The number of aromatic nitrogens is 3. The molecule has 21 heavy (non-hydrogen) atoms. The topological polar surface area (TPSA) is 59.8 Å². The first kappa shape index (κ1) is 14.1. The van der Waals surface area contributed by atoms with Crippen molar-refractivity contribution in [3.63, 3.8) is 0 Å². The van der Waals surface area contributed by atoms with E-state index >= 15 is 0 Å². The van der Waals surface area contributed by atoms with Gasteiger partial charge < -0.3 is 9.88 Å². The first-order valence-corrected chi connectivity index (χ1v) is 8.05. The summed E-state index contributed by atoms with van der Waals surface area (Å²) in [5.41, 5.74) is 0. The summed E-state index contributed by atoms with van der Waals surface area (Å²) in [5, 5.41) is 3.64. The van der Waals surface area contributed by atoms with Crippen LogP contribution < -0.4 is 5.32 Å². The Morgan fingerprint density at radius 3 is 3.10 bits per heavy atom. The van der Waals surface area contributed by atoms with Gasteiger partial charge in [-0.25, -0.2) is 9.97 Å². The Balaban J connectivity index is 1.64. The van der Waals surface area contributed by atoms with Crippen LogP contribution in [0.2, 0.25) is 0 Å².